The molecule has 17 aromatic carbocycles. The van der Waals surface area contributed by atoms with Crippen LogP contribution in [0.5, 0.6) is 0 Å². The highest BCUT2D eigenvalue weighted by molar-refractivity contribution is 7.22. The molecule has 0 saturated heterocycles. The number of para-hydroxylation sites is 4. The van der Waals surface area contributed by atoms with Crippen molar-refractivity contribution in [3.63, 3.8) is 0 Å². The maximum Gasteiger partial charge on any atom is 0.164 e. The van der Waals surface area contributed by atoms with Crippen molar-refractivity contribution in [3.8, 4) is 112 Å². The Morgan fingerprint density at radius 2 is 0.562 bits per heavy atom. The van der Waals surface area contributed by atoms with Crippen LogP contribution in [0.3, 0.4) is 0 Å². The number of nitrogens with zero attached hydrogens (tertiary/aromatic N) is 10. The molecule has 0 spiro atoms. The molecule has 0 bridgehead atoms. The van der Waals surface area contributed by atoms with Gasteiger partial charge in [0, 0.05) is 77.4 Å². The molecule has 0 fully saturated rings. The third kappa shape index (κ3) is 10.5. The molecule has 6 aromatic heterocycles. The average Bonchev–Trinajstić information content (AvgIpc) is 1.37. The largest absolute Gasteiger partial charge is 0.309 e. The lowest BCUT2D eigenvalue weighted by molar-refractivity contribution is 1.07. The standard InChI is InChI=1S/C100H58N10S2/c1-3-20-60(21-4-1)93-103-95(107-97(105-93)66-42-49-72-64(53-66)36-35-59-19-7-8-24-71(59)72)62-39-47-70(48-40-62)110-88-32-16-12-28-78(88)83-57-80(84(58-90(83)110)100-102-86-30-14-18-34-92(86)112-100)65-41-50-76-81(54-65)74-26-10-9-25-73(74)75-51-43-67(55-82(75)76)98-106-94(61-22-5-2-6-23-61)104-96(108-98)63-37-45-69(46-38-63)109-87-31-15-11-27-77(87)79-52-44-68(56-89(79)109)99-101-85-29-13-17-33-91(85)111-99/h1-58H. The van der Waals surface area contributed by atoms with E-state index in [1.54, 1.807) is 22.7 Å². The second-order valence-electron chi connectivity index (χ2n) is 28.6. The smallest absolute Gasteiger partial charge is 0.164 e. The topological polar surface area (TPSA) is 113 Å². The van der Waals surface area contributed by atoms with E-state index in [9.17, 15) is 0 Å². The Kier molecular flexibility index (Phi) is 14.5. The van der Waals surface area contributed by atoms with Crippen molar-refractivity contribution < 1.29 is 0 Å². The van der Waals surface area contributed by atoms with Crippen LogP contribution in [0.2, 0.25) is 0 Å². The molecular weight excluding hydrogens is 1410 g/mol. The Labute approximate surface area is 648 Å². The van der Waals surface area contributed by atoms with Gasteiger partial charge >= 0.3 is 0 Å². The minimum Gasteiger partial charge on any atom is -0.309 e. The summed E-state index contributed by atoms with van der Waals surface area (Å²) in [6.07, 6.45) is 0. The molecule has 0 unspecified atom stereocenters. The maximum atomic E-state index is 5.43. The maximum absolute atomic E-state index is 5.43. The van der Waals surface area contributed by atoms with Gasteiger partial charge in [0.15, 0.2) is 34.9 Å². The lowest BCUT2D eigenvalue weighted by Gasteiger charge is -2.15. The van der Waals surface area contributed by atoms with Crippen molar-refractivity contribution in [1.82, 2.24) is 49.0 Å². The second-order valence-corrected chi connectivity index (χ2v) is 30.6. The molecule has 10 nitrogen and oxygen atoms in total. The zero-order chi connectivity index (χ0) is 73.5. The molecule has 0 amide bonds. The van der Waals surface area contributed by atoms with Gasteiger partial charge in [0.1, 0.15) is 10.0 Å². The molecule has 23 aromatic rings. The SMILES string of the molecule is c1ccc(-c2nc(-c3ccc(-n4c5ccccc5c5cc(-c6ccc7c8cc(-c9nc(-c%10ccccc%10)nc(-c%10ccc(-n%11c%12ccccc%12c%12ccc(-c%13nc%14ccccc%14s%13)cc%12%11)cc%10)n9)ccc8c8ccccc8c7c6)c(-c6nc7ccccc7s6)cc54)cc3)nc(-c3ccc4c(ccc5ccccc54)c3)n2)cc1. The van der Waals surface area contributed by atoms with Crippen molar-refractivity contribution in [1.29, 1.82) is 0 Å². The Morgan fingerprint density at radius 3 is 1.16 bits per heavy atom. The first-order chi connectivity index (χ1) is 55.4. The molecule has 112 heavy (non-hydrogen) atoms. The summed E-state index contributed by atoms with van der Waals surface area (Å²) in [5, 5.41) is 18.2. The third-order valence-electron chi connectivity index (χ3n) is 22.1. The number of hydrogen-bond donors (Lipinski definition) is 0. The highest BCUT2D eigenvalue weighted by Gasteiger charge is 2.24. The summed E-state index contributed by atoms with van der Waals surface area (Å²) in [5.41, 5.74) is 18.1. The fourth-order valence-electron chi connectivity index (χ4n) is 16.7. The summed E-state index contributed by atoms with van der Waals surface area (Å²) in [6.45, 7) is 0. The van der Waals surface area contributed by atoms with Crippen molar-refractivity contribution >= 4 is 141 Å². The van der Waals surface area contributed by atoms with E-state index in [0.29, 0.717) is 34.9 Å². The van der Waals surface area contributed by atoms with E-state index in [1.165, 1.54) is 37.0 Å². The Bertz CT molecular complexity index is 7750. The molecule has 6 heterocycles. The summed E-state index contributed by atoms with van der Waals surface area (Å²) in [5.74, 6) is 3.59. The number of benzene rings is 17. The van der Waals surface area contributed by atoms with Gasteiger partial charge in [0.05, 0.1) is 42.5 Å². The van der Waals surface area contributed by atoms with Crippen LogP contribution in [-0.4, -0.2) is 49.0 Å². The summed E-state index contributed by atoms with van der Waals surface area (Å²) < 4.78 is 7.05. The average molecular weight is 1460 g/mol. The Morgan fingerprint density at radius 1 is 0.188 bits per heavy atom. The van der Waals surface area contributed by atoms with Gasteiger partial charge in [0.25, 0.3) is 0 Å². The van der Waals surface area contributed by atoms with Crippen LogP contribution in [0.25, 0.3) is 230 Å². The predicted molar refractivity (Wildman–Crippen MR) is 465 cm³/mol. The fraction of sp³-hybridized carbons (Fsp3) is 0. The molecule has 12 heteroatoms. The van der Waals surface area contributed by atoms with Crippen LogP contribution in [-0.2, 0) is 0 Å². The molecule has 0 aliphatic heterocycles. The highest BCUT2D eigenvalue weighted by Crippen LogP contribution is 2.47. The van der Waals surface area contributed by atoms with E-state index in [2.05, 4.69) is 319 Å². The highest BCUT2D eigenvalue weighted by atomic mass is 32.1. The summed E-state index contributed by atoms with van der Waals surface area (Å²) in [4.78, 5) is 42.0. The van der Waals surface area contributed by atoms with E-state index in [-0.39, 0.29) is 0 Å². The zero-order valence-corrected chi connectivity index (χ0v) is 61.4. The second kappa shape index (κ2) is 25.5. The summed E-state index contributed by atoms with van der Waals surface area (Å²) >= 11 is 3.45. The Hall–Kier alpha value is -14.6. The zero-order valence-electron chi connectivity index (χ0n) is 59.8. The van der Waals surface area contributed by atoms with Crippen LogP contribution in [0, 0.1) is 0 Å². The van der Waals surface area contributed by atoms with E-state index in [1.807, 2.05) is 42.5 Å². The van der Waals surface area contributed by atoms with Gasteiger partial charge in [-0.15, -0.1) is 22.7 Å². The van der Waals surface area contributed by atoms with Crippen molar-refractivity contribution in [2.24, 2.45) is 0 Å². The van der Waals surface area contributed by atoms with Gasteiger partial charge in [-0.3, -0.25) is 0 Å². The molecular formula is C100H58N10S2. The molecule has 0 N–H and O–H groups in total. The first-order valence-electron chi connectivity index (χ1n) is 37.4. The number of rotatable bonds is 11. The quantitative estimate of drug-likeness (QED) is 0.118. The first-order valence-corrected chi connectivity index (χ1v) is 39.1. The predicted octanol–water partition coefficient (Wildman–Crippen LogP) is 26.2. The molecule has 0 saturated carbocycles. The van der Waals surface area contributed by atoms with Crippen molar-refractivity contribution in [2.45, 2.75) is 0 Å². The number of hydrogen-bond acceptors (Lipinski definition) is 10. The van der Waals surface area contributed by atoms with Gasteiger partial charge in [-0.1, -0.05) is 231 Å². The molecule has 520 valence electrons. The Balaban J connectivity index is 0.640. The molecule has 0 aliphatic carbocycles. The van der Waals surface area contributed by atoms with Gasteiger partial charge in [0.2, 0.25) is 0 Å². The monoisotopic (exact) mass is 1460 g/mol. The van der Waals surface area contributed by atoms with Gasteiger partial charge in [-0.2, -0.15) is 0 Å². The molecule has 0 atom stereocenters. The van der Waals surface area contributed by atoms with Crippen LogP contribution in [0.4, 0.5) is 0 Å². The third-order valence-corrected chi connectivity index (χ3v) is 24.2. The molecule has 23 rings (SSSR count). The lowest BCUT2D eigenvalue weighted by Crippen LogP contribution is -2.01. The normalized spacial score (nSPS) is 11.9. The number of aromatic nitrogens is 10. The first kappa shape index (κ1) is 63.5. The van der Waals surface area contributed by atoms with E-state index >= 15 is 0 Å². The minimum atomic E-state index is 0.584. The summed E-state index contributed by atoms with van der Waals surface area (Å²) in [6, 6.07) is 125. The van der Waals surface area contributed by atoms with E-state index in [4.69, 9.17) is 39.9 Å². The number of fused-ring (bicyclic) bond motifs is 17. The minimum absolute atomic E-state index is 0.584. The van der Waals surface area contributed by atoms with E-state index in [0.717, 1.165) is 158 Å². The summed E-state index contributed by atoms with van der Waals surface area (Å²) in [7, 11) is 0. The fourth-order valence-corrected chi connectivity index (χ4v) is 18.7. The van der Waals surface area contributed by atoms with Crippen LogP contribution in [0.1, 0.15) is 0 Å². The number of thiazole rings is 2. The van der Waals surface area contributed by atoms with Gasteiger partial charge in [-0.05, 0) is 186 Å². The van der Waals surface area contributed by atoms with Crippen molar-refractivity contribution in [2.75, 3.05) is 0 Å². The van der Waals surface area contributed by atoms with Crippen LogP contribution < -0.4 is 0 Å². The van der Waals surface area contributed by atoms with Crippen molar-refractivity contribution in [3.05, 3.63) is 352 Å². The molecule has 0 aliphatic rings. The van der Waals surface area contributed by atoms with Crippen LogP contribution >= 0.6 is 22.7 Å². The molecule has 0 radical (unpaired) electrons. The van der Waals surface area contributed by atoms with Gasteiger partial charge in [-0.25, -0.2) is 39.9 Å². The van der Waals surface area contributed by atoms with E-state index < -0.39 is 0 Å². The van der Waals surface area contributed by atoms with Gasteiger partial charge < -0.3 is 9.13 Å². The lowest BCUT2D eigenvalue weighted by atomic mass is 9.90. The van der Waals surface area contributed by atoms with Crippen LogP contribution in [0.15, 0.2) is 352 Å².